The van der Waals surface area contributed by atoms with Crippen LogP contribution in [0.2, 0.25) is 0 Å². The Hall–Kier alpha value is -2.39. The lowest BCUT2D eigenvalue weighted by molar-refractivity contribution is -0.157. The van der Waals surface area contributed by atoms with E-state index in [1.165, 1.54) is 0 Å². The normalized spacial score (nSPS) is 13.8. The smallest absolute Gasteiger partial charge is 0.315 e. The summed E-state index contributed by atoms with van der Waals surface area (Å²) in [5.74, 6) is -2.76. The standard InChI is InChI=1S/C16H20N2O4/c1-16(2,3)22-15(21)14(12(18)8-13(19)20)11-7-5-4-6-10(11)9-17/h4-7,12,14H,8,18H2,1-3H3,(H,19,20)/t12-,14?/m0/s1. The summed E-state index contributed by atoms with van der Waals surface area (Å²) in [7, 11) is 0. The van der Waals surface area contributed by atoms with E-state index < -0.39 is 35.9 Å². The number of carboxylic acids is 1. The van der Waals surface area contributed by atoms with E-state index in [9.17, 15) is 14.9 Å². The molecule has 0 radical (unpaired) electrons. The molecule has 0 heterocycles. The second-order valence-electron chi connectivity index (χ2n) is 5.97. The maximum atomic E-state index is 12.4. The summed E-state index contributed by atoms with van der Waals surface area (Å²) in [6, 6.07) is 7.49. The lowest BCUT2D eigenvalue weighted by atomic mass is 9.87. The van der Waals surface area contributed by atoms with E-state index >= 15 is 0 Å². The number of carbonyl (C=O) groups is 2. The molecule has 6 nitrogen and oxygen atoms in total. The van der Waals surface area contributed by atoms with E-state index in [-0.39, 0.29) is 5.56 Å². The highest BCUT2D eigenvalue weighted by atomic mass is 16.6. The van der Waals surface area contributed by atoms with Gasteiger partial charge in [-0.15, -0.1) is 0 Å². The zero-order valence-electron chi connectivity index (χ0n) is 12.9. The molecule has 0 saturated heterocycles. The van der Waals surface area contributed by atoms with Crippen LogP contribution < -0.4 is 5.73 Å². The highest BCUT2D eigenvalue weighted by Crippen LogP contribution is 2.27. The molecule has 6 heteroatoms. The maximum absolute atomic E-state index is 12.4. The molecule has 1 aromatic carbocycles. The van der Waals surface area contributed by atoms with Gasteiger partial charge < -0.3 is 15.6 Å². The second kappa shape index (κ2) is 7.05. The summed E-state index contributed by atoms with van der Waals surface area (Å²) in [5, 5.41) is 18.1. The molecule has 3 N–H and O–H groups in total. The summed E-state index contributed by atoms with van der Waals surface area (Å²) in [4.78, 5) is 23.4. The minimum absolute atomic E-state index is 0.277. The zero-order chi connectivity index (χ0) is 16.9. The van der Waals surface area contributed by atoms with E-state index in [4.69, 9.17) is 15.6 Å². The van der Waals surface area contributed by atoms with Crippen LogP contribution in [0.25, 0.3) is 0 Å². The van der Waals surface area contributed by atoms with Crippen molar-refractivity contribution in [3.8, 4) is 6.07 Å². The molecular weight excluding hydrogens is 284 g/mol. The molecule has 118 valence electrons. The van der Waals surface area contributed by atoms with Gasteiger partial charge in [0, 0.05) is 6.04 Å². The van der Waals surface area contributed by atoms with Gasteiger partial charge in [-0.3, -0.25) is 9.59 Å². The number of ether oxygens (including phenoxy) is 1. The van der Waals surface area contributed by atoms with Crippen LogP contribution in [0.3, 0.4) is 0 Å². The third-order valence-electron chi connectivity index (χ3n) is 2.92. The summed E-state index contributed by atoms with van der Waals surface area (Å²) in [5.41, 5.74) is 5.83. The lowest BCUT2D eigenvalue weighted by Crippen LogP contribution is -2.39. The fourth-order valence-corrected chi connectivity index (χ4v) is 2.09. The second-order valence-corrected chi connectivity index (χ2v) is 5.97. The first kappa shape index (κ1) is 17.7. The van der Waals surface area contributed by atoms with Gasteiger partial charge in [-0.05, 0) is 32.4 Å². The molecule has 0 aliphatic rings. The van der Waals surface area contributed by atoms with Crippen molar-refractivity contribution in [1.29, 1.82) is 5.26 Å². The summed E-state index contributed by atoms with van der Waals surface area (Å²) in [6.45, 7) is 5.13. The lowest BCUT2D eigenvalue weighted by Gasteiger charge is -2.27. The number of esters is 1. The van der Waals surface area contributed by atoms with Gasteiger partial charge in [0.1, 0.15) is 5.60 Å². The number of aliphatic carboxylic acids is 1. The van der Waals surface area contributed by atoms with E-state index in [0.717, 1.165) is 0 Å². The Morgan fingerprint density at radius 3 is 2.45 bits per heavy atom. The predicted molar refractivity (Wildman–Crippen MR) is 80.0 cm³/mol. The van der Waals surface area contributed by atoms with Crippen LogP contribution >= 0.6 is 0 Å². The molecule has 0 bridgehead atoms. The fraction of sp³-hybridized carbons (Fsp3) is 0.438. The molecule has 0 spiro atoms. The number of carbonyl (C=O) groups excluding carboxylic acids is 1. The Labute approximate surface area is 129 Å². The quantitative estimate of drug-likeness (QED) is 0.802. The third kappa shape index (κ3) is 4.86. The molecule has 0 saturated carbocycles. The number of hydrogen-bond donors (Lipinski definition) is 2. The van der Waals surface area contributed by atoms with Crippen molar-refractivity contribution in [2.75, 3.05) is 0 Å². The largest absolute Gasteiger partial charge is 0.481 e. The number of benzene rings is 1. The molecule has 1 rings (SSSR count). The zero-order valence-corrected chi connectivity index (χ0v) is 12.9. The highest BCUT2D eigenvalue weighted by molar-refractivity contribution is 5.81. The molecule has 0 aliphatic heterocycles. The van der Waals surface area contributed by atoms with Gasteiger partial charge >= 0.3 is 11.9 Å². The monoisotopic (exact) mass is 304 g/mol. The van der Waals surface area contributed by atoms with E-state index in [1.54, 1.807) is 45.0 Å². The minimum Gasteiger partial charge on any atom is -0.481 e. The van der Waals surface area contributed by atoms with Crippen molar-refractivity contribution < 1.29 is 19.4 Å². The topological polar surface area (TPSA) is 113 Å². The van der Waals surface area contributed by atoms with E-state index in [0.29, 0.717) is 5.56 Å². The summed E-state index contributed by atoms with van der Waals surface area (Å²) >= 11 is 0. The van der Waals surface area contributed by atoms with Gasteiger partial charge in [0.2, 0.25) is 0 Å². The number of carboxylic acid groups (broad SMARTS) is 1. The van der Waals surface area contributed by atoms with Crippen molar-refractivity contribution in [2.24, 2.45) is 5.73 Å². The Kier molecular flexibility index (Phi) is 5.66. The van der Waals surface area contributed by atoms with Crippen LogP contribution in [0.1, 0.15) is 44.2 Å². The third-order valence-corrected chi connectivity index (χ3v) is 2.92. The van der Waals surface area contributed by atoms with Crippen molar-refractivity contribution in [3.63, 3.8) is 0 Å². The van der Waals surface area contributed by atoms with Crippen molar-refractivity contribution in [2.45, 2.75) is 44.8 Å². The number of nitrogens with two attached hydrogens (primary N) is 1. The first-order chi connectivity index (χ1) is 10.2. The number of nitrogens with zero attached hydrogens (tertiary/aromatic N) is 1. The van der Waals surface area contributed by atoms with E-state index in [1.807, 2.05) is 6.07 Å². The van der Waals surface area contributed by atoms with Crippen molar-refractivity contribution in [3.05, 3.63) is 35.4 Å². The number of rotatable bonds is 5. The van der Waals surface area contributed by atoms with Gasteiger partial charge in [0.05, 0.1) is 24.0 Å². The molecule has 1 unspecified atom stereocenters. The molecule has 0 aliphatic carbocycles. The molecule has 22 heavy (non-hydrogen) atoms. The van der Waals surface area contributed by atoms with Crippen LogP contribution in [0.4, 0.5) is 0 Å². The minimum atomic E-state index is -1.12. The van der Waals surface area contributed by atoms with Crippen LogP contribution in [-0.2, 0) is 14.3 Å². The molecule has 0 aromatic heterocycles. The van der Waals surface area contributed by atoms with Crippen LogP contribution in [0.5, 0.6) is 0 Å². The SMILES string of the molecule is CC(C)(C)OC(=O)C(c1ccccc1C#N)[C@@H](N)CC(=O)O. The fourth-order valence-electron chi connectivity index (χ4n) is 2.09. The number of nitriles is 1. The summed E-state index contributed by atoms with van der Waals surface area (Å²) in [6.07, 6.45) is -0.399. The van der Waals surface area contributed by atoms with Crippen molar-refractivity contribution >= 4 is 11.9 Å². The Bertz CT molecular complexity index is 599. The average Bonchev–Trinajstić information content (AvgIpc) is 2.36. The van der Waals surface area contributed by atoms with Crippen LogP contribution in [0.15, 0.2) is 24.3 Å². The first-order valence-corrected chi connectivity index (χ1v) is 6.85. The molecular formula is C16H20N2O4. The van der Waals surface area contributed by atoms with Crippen LogP contribution in [-0.4, -0.2) is 28.7 Å². The maximum Gasteiger partial charge on any atom is 0.315 e. The van der Waals surface area contributed by atoms with Gasteiger partial charge in [-0.25, -0.2) is 0 Å². The first-order valence-electron chi connectivity index (χ1n) is 6.85. The molecule has 2 atom stereocenters. The van der Waals surface area contributed by atoms with Gasteiger partial charge in [0.15, 0.2) is 0 Å². The summed E-state index contributed by atoms with van der Waals surface area (Å²) < 4.78 is 5.34. The number of hydrogen-bond acceptors (Lipinski definition) is 5. The Morgan fingerprint density at radius 2 is 1.95 bits per heavy atom. The Morgan fingerprint density at radius 1 is 1.36 bits per heavy atom. The van der Waals surface area contributed by atoms with Crippen molar-refractivity contribution in [1.82, 2.24) is 0 Å². The van der Waals surface area contributed by atoms with E-state index in [2.05, 4.69) is 0 Å². The molecule has 0 fully saturated rings. The van der Waals surface area contributed by atoms with Gasteiger partial charge in [0.25, 0.3) is 0 Å². The van der Waals surface area contributed by atoms with Gasteiger partial charge in [-0.2, -0.15) is 5.26 Å². The molecule has 0 amide bonds. The predicted octanol–water partition coefficient (Wildman–Crippen LogP) is 1.79. The molecule has 1 aromatic rings. The highest BCUT2D eigenvalue weighted by Gasteiger charge is 2.34. The average molecular weight is 304 g/mol. The van der Waals surface area contributed by atoms with Crippen LogP contribution in [0, 0.1) is 11.3 Å². The van der Waals surface area contributed by atoms with Gasteiger partial charge in [-0.1, -0.05) is 18.2 Å². The Balaban J connectivity index is 3.25.